The van der Waals surface area contributed by atoms with E-state index in [4.69, 9.17) is 0 Å². The topological polar surface area (TPSA) is 20.3 Å². The molecule has 0 aromatic heterocycles. The molecule has 0 atom stereocenters. The third kappa shape index (κ3) is 2.13. The fraction of sp³-hybridized carbons (Fsp3) is 0.417. The molecule has 0 radical (unpaired) electrons. The Kier molecular flexibility index (Phi) is 2.53. The van der Waals surface area contributed by atoms with Gasteiger partial charge >= 0.3 is 0 Å². The molecule has 0 bridgehead atoms. The van der Waals surface area contributed by atoms with E-state index in [0.717, 1.165) is 18.0 Å². The van der Waals surface area contributed by atoms with Gasteiger partial charge in [-0.1, -0.05) is 18.2 Å². The molecule has 1 aliphatic carbocycles. The quantitative estimate of drug-likeness (QED) is 0.713. The summed E-state index contributed by atoms with van der Waals surface area (Å²) < 4.78 is 0. The first-order valence-electron chi connectivity index (χ1n) is 5.08. The van der Waals surface area contributed by atoms with Crippen LogP contribution < -0.4 is 0 Å². The summed E-state index contributed by atoms with van der Waals surface area (Å²) in [5, 5.41) is 0. The predicted octanol–water partition coefficient (Wildman–Crippen LogP) is 2.17. The monoisotopic (exact) mass is 189 g/mol. The Morgan fingerprint density at radius 2 is 2.00 bits per heavy atom. The van der Waals surface area contributed by atoms with Gasteiger partial charge in [0.15, 0.2) is 0 Å². The Bertz CT molecular complexity index is 316. The number of carbonyl (C=O) groups excluding carboxylic acids is 1. The second kappa shape index (κ2) is 3.82. The molecule has 1 fully saturated rings. The molecule has 0 N–H and O–H groups in total. The van der Waals surface area contributed by atoms with Crippen molar-refractivity contribution >= 4 is 5.91 Å². The highest BCUT2D eigenvalue weighted by Gasteiger charge is 2.24. The molecular weight excluding hydrogens is 174 g/mol. The van der Waals surface area contributed by atoms with Crippen molar-refractivity contribution < 1.29 is 4.79 Å². The van der Waals surface area contributed by atoms with Crippen molar-refractivity contribution in [1.29, 1.82) is 0 Å². The van der Waals surface area contributed by atoms with Gasteiger partial charge in [-0.25, -0.2) is 0 Å². The second-order valence-corrected chi connectivity index (χ2v) is 4.00. The Morgan fingerprint density at radius 1 is 1.36 bits per heavy atom. The molecule has 0 unspecified atom stereocenters. The van der Waals surface area contributed by atoms with Crippen LogP contribution in [0, 0.1) is 5.92 Å². The second-order valence-electron chi connectivity index (χ2n) is 4.00. The van der Waals surface area contributed by atoms with Gasteiger partial charge in [-0.3, -0.25) is 4.79 Å². The third-order valence-corrected chi connectivity index (χ3v) is 2.60. The minimum atomic E-state index is 0.137. The van der Waals surface area contributed by atoms with Crippen molar-refractivity contribution in [1.82, 2.24) is 4.90 Å². The zero-order chi connectivity index (χ0) is 9.97. The molecule has 1 aliphatic rings. The van der Waals surface area contributed by atoms with E-state index >= 15 is 0 Å². The fourth-order valence-electron chi connectivity index (χ4n) is 1.57. The average molecular weight is 189 g/mol. The molecule has 1 amide bonds. The molecule has 1 saturated carbocycles. The van der Waals surface area contributed by atoms with Crippen molar-refractivity contribution in [2.45, 2.75) is 12.8 Å². The van der Waals surface area contributed by atoms with E-state index in [9.17, 15) is 4.79 Å². The standard InChI is InChI=1S/C12H15NO/c1-13(9-10-7-8-10)12(14)11-5-3-2-4-6-11/h2-6,10H,7-9H2,1H3. The summed E-state index contributed by atoms with van der Waals surface area (Å²) in [7, 11) is 1.88. The van der Waals surface area contributed by atoms with E-state index in [-0.39, 0.29) is 5.91 Å². The van der Waals surface area contributed by atoms with Crippen molar-refractivity contribution in [3.8, 4) is 0 Å². The number of amides is 1. The highest BCUT2D eigenvalue weighted by atomic mass is 16.2. The summed E-state index contributed by atoms with van der Waals surface area (Å²) in [5.74, 6) is 0.894. The third-order valence-electron chi connectivity index (χ3n) is 2.60. The fourth-order valence-corrected chi connectivity index (χ4v) is 1.57. The largest absolute Gasteiger partial charge is 0.341 e. The lowest BCUT2D eigenvalue weighted by molar-refractivity contribution is 0.0788. The van der Waals surface area contributed by atoms with Crippen LogP contribution in [0.2, 0.25) is 0 Å². The molecule has 0 heterocycles. The number of hydrogen-bond donors (Lipinski definition) is 0. The van der Waals surface area contributed by atoms with Crippen LogP contribution in [0.25, 0.3) is 0 Å². The molecule has 2 heteroatoms. The highest BCUT2D eigenvalue weighted by molar-refractivity contribution is 5.93. The van der Waals surface area contributed by atoms with E-state index in [1.807, 2.05) is 42.3 Å². The van der Waals surface area contributed by atoms with Gasteiger partial charge in [-0.15, -0.1) is 0 Å². The maximum atomic E-state index is 11.8. The zero-order valence-corrected chi connectivity index (χ0v) is 8.44. The first-order chi connectivity index (χ1) is 6.77. The zero-order valence-electron chi connectivity index (χ0n) is 8.44. The van der Waals surface area contributed by atoms with E-state index in [0.29, 0.717) is 0 Å². The molecule has 2 rings (SSSR count). The van der Waals surface area contributed by atoms with Gasteiger partial charge in [0, 0.05) is 19.2 Å². The van der Waals surface area contributed by atoms with Crippen molar-refractivity contribution in [2.24, 2.45) is 5.92 Å². The maximum absolute atomic E-state index is 11.8. The Hall–Kier alpha value is -1.31. The average Bonchev–Trinajstić information content (AvgIpc) is 3.02. The summed E-state index contributed by atoms with van der Waals surface area (Å²) in [6.07, 6.45) is 2.57. The van der Waals surface area contributed by atoms with E-state index in [1.54, 1.807) is 0 Å². The van der Waals surface area contributed by atoms with Gasteiger partial charge < -0.3 is 4.90 Å². The smallest absolute Gasteiger partial charge is 0.253 e. The van der Waals surface area contributed by atoms with Crippen LogP contribution in [-0.4, -0.2) is 24.4 Å². The minimum absolute atomic E-state index is 0.137. The van der Waals surface area contributed by atoms with Crippen LogP contribution in [0.3, 0.4) is 0 Å². The lowest BCUT2D eigenvalue weighted by Gasteiger charge is -2.16. The van der Waals surface area contributed by atoms with Gasteiger partial charge in [0.25, 0.3) is 5.91 Å². The Morgan fingerprint density at radius 3 is 2.57 bits per heavy atom. The predicted molar refractivity (Wildman–Crippen MR) is 56.1 cm³/mol. The molecule has 0 spiro atoms. The van der Waals surface area contributed by atoms with Crippen LogP contribution >= 0.6 is 0 Å². The molecule has 1 aromatic rings. The summed E-state index contributed by atoms with van der Waals surface area (Å²) in [4.78, 5) is 13.7. The number of benzene rings is 1. The van der Waals surface area contributed by atoms with Gasteiger partial charge in [-0.2, -0.15) is 0 Å². The SMILES string of the molecule is CN(CC1CC1)C(=O)c1ccccc1. The van der Waals surface area contributed by atoms with Crippen molar-refractivity contribution in [3.63, 3.8) is 0 Å². The number of hydrogen-bond acceptors (Lipinski definition) is 1. The summed E-state index contributed by atoms with van der Waals surface area (Å²) in [5.41, 5.74) is 0.788. The summed E-state index contributed by atoms with van der Waals surface area (Å²) in [6, 6.07) is 9.46. The Labute approximate surface area is 84.5 Å². The van der Waals surface area contributed by atoms with Gasteiger partial charge in [0.05, 0.1) is 0 Å². The molecule has 1 aromatic carbocycles. The molecular formula is C12H15NO. The molecule has 74 valence electrons. The van der Waals surface area contributed by atoms with Crippen LogP contribution in [0.15, 0.2) is 30.3 Å². The van der Waals surface area contributed by atoms with E-state index < -0.39 is 0 Å². The first kappa shape index (κ1) is 9.25. The molecule has 14 heavy (non-hydrogen) atoms. The Balaban J connectivity index is 1.99. The van der Waals surface area contributed by atoms with Crippen LogP contribution in [0.5, 0.6) is 0 Å². The highest BCUT2D eigenvalue weighted by Crippen LogP contribution is 2.29. The lowest BCUT2D eigenvalue weighted by atomic mass is 10.2. The summed E-state index contributed by atoms with van der Waals surface area (Å²) in [6.45, 7) is 0.910. The molecule has 0 saturated heterocycles. The molecule has 2 nitrogen and oxygen atoms in total. The van der Waals surface area contributed by atoms with Gasteiger partial charge in [0.1, 0.15) is 0 Å². The lowest BCUT2D eigenvalue weighted by Crippen LogP contribution is -2.28. The summed E-state index contributed by atoms with van der Waals surface area (Å²) >= 11 is 0. The number of nitrogens with zero attached hydrogens (tertiary/aromatic N) is 1. The number of rotatable bonds is 3. The first-order valence-corrected chi connectivity index (χ1v) is 5.08. The van der Waals surface area contributed by atoms with Crippen LogP contribution in [0.1, 0.15) is 23.2 Å². The van der Waals surface area contributed by atoms with Crippen LogP contribution in [0.4, 0.5) is 0 Å². The minimum Gasteiger partial charge on any atom is -0.341 e. The molecule has 0 aliphatic heterocycles. The van der Waals surface area contributed by atoms with Crippen molar-refractivity contribution in [3.05, 3.63) is 35.9 Å². The van der Waals surface area contributed by atoms with E-state index in [1.165, 1.54) is 12.8 Å². The van der Waals surface area contributed by atoms with Gasteiger partial charge in [0.2, 0.25) is 0 Å². The van der Waals surface area contributed by atoms with Crippen LogP contribution in [-0.2, 0) is 0 Å². The van der Waals surface area contributed by atoms with Gasteiger partial charge in [-0.05, 0) is 30.9 Å². The number of carbonyl (C=O) groups is 1. The van der Waals surface area contributed by atoms with E-state index in [2.05, 4.69) is 0 Å². The van der Waals surface area contributed by atoms with Crippen molar-refractivity contribution in [2.75, 3.05) is 13.6 Å². The maximum Gasteiger partial charge on any atom is 0.253 e. The normalized spacial score (nSPS) is 15.2.